The summed E-state index contributed by atoms with van der Waals surface area (Å²) in [6.45, 7) is 0. The van der Waals surface area contributed by atoms with Gasteiger partial charge in [0.2, 0.25) is 0 Å². The zero-order valence-corrected chi connectivity index (χ0v) is 25.5. The largest absolute Gasteiger partial charge is 0.378 e. The van der Waals surface area contributed by atoms with Crippen LogP contribution in [0.4, 0.5) is 17.1 Å². The van der Waals surface area contributed by atoms with Crippen LogP contribution in [0.1, 0.15) is 42.0 Å². The third-order valence-corrected chi connectivity index (χ3v) is 8.99. The number of thiazole rings is 1. The van der Waals surface area contributed by atoms with Crippen LogP contribution in [0.3, 0.4) is 0 Å². The number of nitro groups is 1. The van der Waals surface area contributed by atoms with Crippen molar-refractivity contribution in [1.29, 1.82) is 0 Å². The molecule has 0 bridgehead atoms. The fourth-order valence-electron chi connectivity index (χ4n) is 5.73. The first-order valence-electron chi connectivity index (χ1n) is 14.2. The van der Waals surface area contributed by atoms with E-state index < -0.39 is 4.92 Å². The molecule has 9 heteroatoms. The van der Waals surface area contributed by atoms with Crippen LogP contribution < -0.4 is 24.7 Å². The van der Waals surface area contributed by atoms with E-state index in [1.54, 1.807) is 18.2 Å². The maximum Gasteiger partial charge on any atom is 0.271 e. The molecule has 1 aliphatic carbocycles. The number of benzene rings is 3. The number of hydrogen-bond donors (Lipinski definition) is 0. The normalized spacial score (nSPS) is 17.3. The zero-order valence-electron chi connectivity index (χ0n) is 24.7. The summed E-state index contributed by atoms with van der Waals surface area (Å²) in [5, 5.41) is 11.1. The van der Waals surface area contributed by atoms with Gasteiger partial charge in [0.05, 0.1) is 21.2 Å². The molecule has 2 heterocycles. The van der Waals surface area contributed by atoms with Crippen LogP contribution >= 0.6 is 11.3 Å². The van der Waals surface area contributed by atoms with Gasteiger partial charge in [0, 0.05) is 51.7 Å². The molecule has 1 aliphatic heterocycles. The van der Waals surface area contributed by atoms with Crippen molar-refractivity contribution in [2.75, 3.05) is 38.0 Å². The Labute approximate surface area is 254 Å². The van der Waals surface area contributed by atoms with Crippen molar-refractivity contribution in [3.05, 3.63) is 136 Å². The van der Waals surface area contributed by atoms with Crippen LogP contribution in [-0.2, 0) is 0 Å². The highest BCUT2D eigenvalue weighted by Crippen LogP contribution is 2.41. The molecule has 2 aliphatic rings. The summed E-state index contributed by atoms with van der Waals surface area (Å²) in [6.07, 6.45) is 6.79. The van der Waals surface area contributed by atoms with Crippen molar-refractivity contribution in [1.82, 2.24) is 4.57 Å². The Hall–Kier alpha value is -4.76. The van der Waals surface area contributed by atoms with Gasteiger partial charge in [0.1, 0.15) is 0 Å². The Morgan fingerprint density at radius 3 is 2.05 bits per heavy atom. The number of nitrogens with zero attached hydrogens (tertiary/aromatic N) is 5. The fraction of sp³-hybridized carbons (Fsp3) is 0.235. The number of aromatic nitrogens is 1. The third-order valence-electron chi connectivity index (χ3n) is 8.01. The van der Waals surface area contributed by atoms with Gasteiger partial charge >= 0.3 is 0 Å². The summed E-state index contributed by atoms with van der Waals surface area (Å²) in [6, 6.07) is 22.9. The predicted octanol–water partition coefficient (Wildman–Crippen LogP) is 5.52. The summed E-state index contributed by atoms with van der Waals surface area (Å²) in [5.41, 5.74) is 8.37. The molecule has 0 spiro atoms. The molecule has 3 aromatic carbocycles. The van der Waals surface area contributed by atoms with Gasteiger partial charge in [0.25, 0.3) is 11.2 Å². The highest BCUT2D eigenvalue weighted by Gasteiger charge is 2.32. The Kier molecular flexibility index (Phi) is 7.58. The molecule has 8 nitrogen and oxygen atoms in total. The Morgan fingerprint density at radius 1 is 0.860 bits per heavy atom. The monoisotopic (exact) mass is 591 g/mol. The number of fused-ring (bicyclic) bond motifs is 1. The van der Waals surface area contributed by atoms with Gasteiger partial charge in [-0.2, -0.15) is 0 Å². The predicted molar refractivity (Wildman–Crippen MR) is 175 cm³/mol. The van der Waals surface area contributed by atoms with Crippen LogP contribution in [-0.4, -0.2) is 37.7 Å². The summed E-state index contributed by atoms with van der Waals surface area (Å²) >= 11 is 1.36. The first-order chi connectivity index (χ1) is 20.7. The van der Waals surface area contributed by atoms with Gasteiger partial charge in [0.15, 0.2) is 4.80 Å². The van der Waals surface area contributed by atoms with Gasteiger partial charge in [-0.05, 0) is 95.6 Å². The van der Waals surface area contributed by atoms with Crippen LogP contribution in [0, 0.1) is 10.1 Å². The lowest BCUT2D eigenvalue weighted by Crippen LogP contribution is -2.39. The van der Waals surface area contributed by atoms with E-state index in [1.807, 2.05) is 32.8 Å². The van der Waals surface area contributed by atoms with Gasteiger partial charge in [-0.3, -0.25) is 19.5 Å². The molecule has 0 saturated heterocycles. The van der Waals surface area contributed by atoms with Crippen LogP contribution in [0.15, 0.2) is 99.4 Å². The topological polar surface area (TPSA) is 84.0 Å². The van der Waals surface area contributed by atoms with Crippen molar-refractivity contribution in [3.63, 3.8) is 0 Å². The van der Waals surface area contributed by atoms with Crippen LogP contribution in [0.25, 0.3) is 12.2 Å². The lowest BCUT2D eigenvalue weighted by Gasteiger charge is -2.31. The van der Waals surface area contributed by atoms with Crippen molar-refractivity contribution >= 4 is 40.6 Å². The molecule has 0 amide bonds. The molecule has 0 unspecified atom stereocenters. The molecule has 0 radical (unpaired) electrons. The number of allylic oxidation sites excluding steroid dienone is 2. The maximum absolute atomic E-state index is 14.0. The van der Waals surface area contributed by atoms with Crippen LogP contribution in [0.5, 0.6) is 0 Å². The molecule has 6 rings (SSSR count). The smallest absolute Gasteiger partial charge is 0.271 e. The molecule has 4 aromatic rings. The number of nitro benzene ring substituents is 1. The summed E-state index contributed by atoms with van der Waals surface area (Å²) < 4.78 is 2.38. The quantitative estimate of drug-likeness (QED) is 0.218. The van der Waals surface area contributed by atoms with Crippen molar-refractivity contribution in [3.8, 4) is 0 Å². The first-order valence-corrected chi connectivity index (χ1v) is 15.1. The van der Waals surface area contributed by atoms with Gasteiger partial charge in [-0.1, -0.05) is 35.6 Å². The standard InChI is InChI=1S/C34H33N5O3S/c1-36(2)26-14-8-22(9-15-26)20-25-6-5-7-29-31(25)35-34-38(32(29)24-12-18-27(19-13-24)37(3)4)33(40)30(43-34)21-23-10-16-28(17-11-23)39(41)42/h8-21,32H,5-7H2,1-4H3/b25-20+,30-21+/t32-/m1/s1. The second kappa shape index (κ2) is 11.5. The van der Waals surface area contributed by atoms with E-state index >= 15 is 0 Å². The SMILES string of the molecule is CN(C)c1ccc(/C=C2\CCCC3=C2N=c2s/c(=C/c4ccc([N+](=O)[O-])cc4)c(=O)n2[C@@H]3c2ccc(N(C)C)cc2)cc1. The summed E-state index contributed by atoms with van der Waals surface area (Å²) in [7, 11) is 8.10. The molecule has 218 valence electrons. The molecular formula is C34H33N5O3S. The lowest BCUT2D eigenvalue weighted by atomic mass is 9.83. The van der Waals surface area contributed by atoms with E-state index in [2.05, 4.69) is 64.4 Å². The molecular weight excluding hydrogens is 558 g/mol. The van der Waals surface area contributed by atoms with Crippen molar-refractivity contribution < 1.29 is 4.92 Å². The van der Waals surface area contributed by atoms with Crippen LogP contribution in [0.2, 0.25) is 0 Å². The maximum atomic E-state index is 14.0. The summed E-state index contributed by atoms with van der Waals surface area (Å²) in [4.78, 5) is 34.6. The van der Waals surface area contributed by atoms with Gasteiger partial charge in [-0.15, -0.1) is 0 Å². The molecule has 43 heavy (non-hydrogen) atoms. The van der Waals surface area contributed by atoms with Crippen molar-refractivity contribution in [2.45, 2.75) is 25.3 Å². The van der Waals surface area contributed by atoms with E-state index in [0.29, 0.717) is 9.33 Å². The highest BCUT2D eigenvalue weighted by molar-refractivity contribution is 7.07. The van der Waals surface area contributed by atoms with E-state index in [0.717, 1.165) is 58.6 Å². The number of anilines is 2. The minimum absolute atomic E-state index is 0.0168. The number of hydrogen-bond acceptors (Lipinski definition) is 7. The Balaban J connectivity index is 1.51. The molecule has 0 fully saturated rings. The average molecular weight is 592 g/mol. The van der Waals surface area contributed by atoms with E-state index in [-0.39, 0.29) is 17.3 Å². The highest BCUT2D eigenvalue weighted by atomic mass is 32.1. The second-order valence-electron chi connectivity index (χ2n) is 11.3. The third kappa shape index (κ3) is 5.56. The van der Waals surface area contributed by atoms with E-state index in [9.17, 15) is 14.9 Å². The molecule has 1 atom stereocenters. The minimum atomic E-state index is -0.425. The fourth-order valence-corrected chi connectivity index (χ4v) is 6.73. The zero-order chi connectivity index (χ0) is 30.2. The summed E-state index contributed by atoms with van der Waals surface area (Å²) in [5.74, 6) is 0. The first kappa shape index (κ1) is 28.4. The Morgan fingerprint density at radius 2 is 1.44 bits per heavy atom. The van der Waals surface area contributed by atoms with E-state index in [1.165, 1.54) is 29.0 Å². The number of rotatable bonds is 6. The molecule has 0 N–H and O–H groups in total. The number of non-ortho nitro benzene ring substituents is 1. The lowest BCUT2D eigenvalue weighted by molar-refractivity contribution is -0.384. The average Bonchev–Trinajstić information content (AvgIpc) is 3.31. The molecule has 0 saturated carbocycles. The van der Waals surface area contributed by atoms with Crippen molar-refractivity contribution in [2.24, 2.45) is 4.99 Å². The minimum Gasteiger partial charge on any atom is -0.378 e. The van der Waals surface area contributed by atoms with Gasteiger partial charge in [-0.25, -0.2) is 4.99 Å². The van der Waals surface area contributed by atoms with Gasteiger partial charge < -0.3 is 9.80 Å². The van der Waals surface area contributed by atoms with E-state index in [4.69, 9.17) is 4.99 Å². The Bertz CT molecular complexity index is 1930. The second-order valence-corrected chi connectivity index (χ2v) is 12.3. The molecule has 1 aromatic heterocycles.